The summed E-state index contributed by atoms with van der Waals surface area (Å²) in [4.78, 5) is 0. The van der Waals surface area contributed by atoms with Crippen LogP contribution < -0.4 is 9.47 Å². The van der Waals surface area contributed by atoms with Crippen molar-refractivity contribution in [3.63, 3.8) is 0 Å². The molecule has 0 N–H and O–H groups in total. The third kappa shape index (κ3) is 4.12. The van der Waals surface area contributed by atoms with Gasteiger partial charge in [0, 0.05) is 5.56 Å². The van der Waals surface area contributed by atoms with E-state index in [1.54, 1.807) is 36.4 Å². The summed E-state index contributed by atoms with van der Waals surface area (Å²) in [6, 6.07) is 23.9. The molecular formula is C32H24N4O2. The van der Waals surface area contributed by atoms with Gasteiger partial charge in [0.25, 0.3) is 0 Å². The zero-order valence-electron chi connectivity index (χ0n) is 20.8. The molecule has 6 heteroatoms. The van der Waals surface area contributed by atoms with Crippen molar-refractivity contribution >= 4 is 0 Å². The first-order valence-electron chi connectivity index (χ1n) is 12.9. The smallest absolute Gasteiger partial charge is 0.131 e. The standard InChI is InChI=1S/C32H24N4O2/c33-16-23-1-3-27(10-25(23)18-35)37-29-5-6-31(38-28-4-2-24(17-34)26(11-28)19-36)30(12-29)32-13-20-7-21(14-32)9-22(8-20)15-32/h1-6,10-12,20-22H,7-9,13-15H2. The molecule has 4 bridgehead atoms. The molecule has 0 amide bonds. The maximum Gasteiger partial charge on any atom is 0.131 e. The van der Waals surface area contributed by atoms with Gasteiger partial charge in [0.1, 0.15) is 47.3 Å². The first kappa shape index (κ1) is 23.6. The normalized spacial score (nSPS) is 24.5. The second-order valence-corrected chi connectivity index (χ2v) is 10.9. The van der Waals surface area contributed by atoms with E-state index in [0.29, 0.717) is 28.4 Å². The lowest BCUT2D eigenvalue weighted by atomic mass is 9.48. The van der Waals surface area contributed by atoms with E-state index in [1.807, 2.05) is 18.2 Å². The molecule has 0 radical (unpaired) electrons. The summed E-state index contributed by atoms with van der Waals surface area (Å²) in [5, 5.41) is 37.4. The van der Waals surface area contributed by atoms with Gasteiger partial charge in [-0.2, -0.15) is 21.0 Å². The van der Waals surface area contributed by atoms with Gasteiger partial charge in [-0.15, -0.1) is 0 Å². The van der Waals surface area contributed by atoms with Gasteiger partial charge >= 0.3 is 0 Å². The van der Waals surface area contributed by atoms with Crippen LogP contribution in [0.25, 0.3) is 0 Å². The second-order valence-electron chi connectivity index (χ2n) is 10.9. The number of nitrogens with zero attached hydrogens (tertiary/aromatic N) is 4. The third-order valence-electron chi connectivity index (χ3n) is 8.49. The SMILES string of the molecule is N#Cc1ccc(Oc2ccc(Oc3ccc(C#N)c(C#N)c3)c(C34CC5CC(CC(C5)C3)C4)c2)cc1C#N. The van der Waals surface area contributed by atoms with Gasteiger partial charge in [0.05, 0.1) is 22.3 Å². The molecule has 4 saturated carbocycles. The minimum absolute atomic E-state index is 0.0105. The zero-order chi connectivity index (χ0) is 26.3. The first-order chi connectivity index (χ1) is 18.5. The number of nitriles is 4. The fourth-order valence-corrected chi connectivity index (χ4v) is 7.33. The van der Waals surface area contributed by atoms with E-state index in [0.717, 1.165) is 48.3 Å². The Morgan fingerprint density at radius 2 is 1.00 bits per heavy atom. The van der Waals surface area contributed by atoms with Crippen LogP contribution in [0.1, 0.15) is 66.3 Å². The number of benzene rings is 3. The molecule has 0 aliphatic heterocycles. The van der Waals surface area contributed by atoms with E-state index < -0.39 is 0 Å². The molecule has 3 aromatic rings. The Hall–Kier alpha value is -4.78. The van der Waals surface area contributed by atoms with E-state index in [9.17, 15) is 21.0 Å². The highest BCUT2D eigenvalue weighted by Gasteiger charge is 2.52. The lowest BCUT2D eigenvalue weighted by molar-refractivity contribution is -0.00605. The maximum absolute atomic E-state index is 9.48. The highest BCUT2D eigenvalue weighted by Crippen LogP contribution is 2.62. The Bertz CT molecular complexity index is 1580. The monoisotopic (exact) mass is 496 g/mol. The largest absolute Gasteiger partial charge is 0.457 e. The Kier molecular flexibility index (Phi) is 5.76. The van der Waals surface area contributed by atoms with E-state index in [4.69, 9.17) is 9.47 Å². The first-order valence-corrected chi connectivity index (χ1v) is 12.9. The predicted octanol–water partition coefficient (Wildman–Crippen LogP) is 7.23. The van der Waals surface area contributed by atoms with Crippen molar-refractivity contribution in [3.05, 3.63) is 82.4 Å². The van der Waals surface area contributed by atoms with E-state index in [-0.39, 0.29) is 16.5 Å². The van der Waals surface area contributed by atoms with Crippen LogP contribution in [0.3, 0.4) is 0 Å². The third-order valence-corrected chi connectivity index (χ3v) is 8.49. The van der Waals surface area contributed by atoms with E-state index >= 15 is 0 Å². The molecule has 6 nitrogen and oxygen atoms in total. The second kappa shape index (κ2) is 9.27. The molecule has 3 aromatic carbocycles. The molecule has 0 spiro atoms. The van der Waals surface area contributed by atoms with Crippen LogP contribution in [-0.2, 0) is 5.41 Å². The number of ether oxygens (including phenoxy) is 2. The zero-order valence-corrected chi connectivity index (χ0v) is 20.8. The molecule has 4 fully saturated rings. The van der Waals surface area contributed by atoms with Crippen molar-refractivity contribution in [1.82, 2.24) is 0 Å². The molecule has 4 aliphatic rings. The van der Waals surface area contributed by atoms with E-state index in [2.05, 4.69) is 24.3 Å². The van der Waals surface area contributed by atoms with Gasteiger partial charge in [0.2, 0.25) is 0 Å². The Labute approximate surface area is 221 Å². The average molecular weight is 497 g/mol. The molecular weight excluding hydrogens is 472 g/mol. The fraction of sp³-hybridized carbons (Fsp3) is 0.312. The van der Waals surface area contributed by atoms with E-state index in [1.165, 1.54) is 19.3 Å². The van der Waals surface area contributed by atoms with Crippen molar-refractivity contribution in [2.45, 2.75) is 43.9 Å². The lowest BCUT2D eigenvalue weighted by Crippen LogP contribution is -2.48. The lowest BCUT2D eigenvalue weighted by Gasteiger charge is -2.57. The summed E-state index contributed by atoms with van der Waals surface area (Å²) in [7, 11) is 0. The molecule has 184 valence electrons. The summed E-state index contributed by atoms with van der Waals surface area (Å²) in [5.74, 6) is 4.60. The molecule has 0 aromatic heterocycles. The van der Waals surface area contributed by atoms with Crippen molar-refractivity contribution in [1.29, 1.82) is 21.0 Å². The Morgan fingerprint density at radius 1 is 0.553 bits per heavy atom. The minimum atomic E-state index is 0.0105. The number of rotatable bonds is 5. The topological polar surface area (TPSA) is 114 Å². The van der Waals surface area contributed by atoms with Gasteiger partial charge < -0.3 is 9.47 Å². The van der Waals surface area contributed by atoms with Crippen molar-refractivity contribution in [2.24, 2.45) is 17.8 Å². The van der Waals surface area contributed by atoms with Crippen LogP contribution in [0, 0.1) is 63.1 Å². The summed E-state index contributed by atoms with van der Waals surface area (Å²) >= 11 is 0. The van der Waals surface area contributed by atoms with Crippen LogP contribution >= 0.6 is 0 Å². The summed E-state index contributed by atoms with van der Waals surface area (Å²) in [6.07, 6.45) is 7.33. The Morgan fingerprint density at radius 3 is 1.50 bits per heavy atom. The number of hydrogen-bond donors (Lipinski definition) is 0. The minimum Gasteiger partial charge on any atom is -0.457 e. The highest BCUT2D eigenvalue weighted by atomic mass is 16.5. The summed E-state index contributed by atoms with van der Waals surface area (Å²) in [6.45, 7) is 0. The van der Waals surface area contributed by atoms with Crippen LogP contribution in [0.4, 0.5) is 0 Å². The maximum atomic E-state index is 9.48. The van der Waals surface area contributed by atoms with Crippen molar-refractivity contribution in [3.8, 4) is 47.3 Å². The van der Waals surface area contributed by atoms with Crippen LogP contribution in [0.5, 0.6) is 23.0 Å². The quantitative estimate of drug-likeness (QED) is 0.368. The van der Waals surface area contributed by atoms with Crippen molar-refractivity contribution in [2.75, 3.05) is 0 Å². The molecule has 38 heavy (non-hydrogen) atoms. The summed E-state index contributed by atoms with van der Waals surface area (Å²) < 4.78 is 12.6. The summed E-state index contributed by atoms with van der Waals surface area (Å²) in [5.41, 5.74) is 2.33. The van der Waals surface area contributed by atoms with Gasteiger partial charge in [-0.1, -0.05) is 0 Å². The molecule has 0 heterocycles. The molecule has 0 unspecified atom stereocenters. The fourth-order valence-electron chi connectivity index (χ4n) is 7.33. The predicted molar refractivity (Wildman–Crippen MR) is 138 cm³/mol. The van der Waals surface area contributed by atoms with Crippen molar-refractivity contribution < 1.29 is 9.47 Å². The van der Waals surface area contributed by atoms with Gasteiger partial charge in [-0.3, -0.25) is 0 Å². The highest BCUT2D eigenvalue weighted by molar-refractivity contribution is 5.54. The molecule has 0 saturated heterocycles. The average Bonchev–Trinajstić information content (AvgIpc) is 2.93. The van der Waals surface area contributed by atoms with Gasteiger partial charge in [0.15, 0.2) is 0 Å². The van der Waals surface area contributed by atoms with Gasteiger partial charge in [-0.25, -0.2) is 0 Å². The van der Waals surface area contributed by atoms with Crippen LogP contribution in [0.2, 0.25) is 0 Å². The Balaban J connectivity index is 1.40. The molecule has 0 atom stereocenters. The number of hydrogen-bond acceptors (Lipinski definition) is 6. The molecule has 7 rings (SSSR count). The molecule has 4 aliphatic carbocycles. The van der Waals surface area contributed by atoms with Gasteiger partial charge in [-0.05, 0) is 116 Å². The van der Waals surface area contributed by atoms with Crippen LogP contribution in [0.15, 0.2) is 54.6 Å². The van der Waals surface area contributed by atoms with Crippen LogP contribution in [-0.4, -0.2) is 0 Å².